The Morgan fingerprint density at radius 1 is 1.30 bits per heavy atom. The minimum Gasteiger partial charge on any atom is -0.480 e. The summed E-state index contributed by atoms with van der Waals surface area (Å²) in [5.74, 6) is -1.25. The molecule has 8 heteroatoms. The molecular formula is C12H13F3N2O3. The van der Waals surface area contributed by atoms with Crippen LogP contribution >= 0.6 is 0 Å². The number of urea groups is 1. The first-order valence-electron chi connectivity index (χ1n) is 5.59. The number of carbonyl (C=O) groups excluding carboxylic acids is 1. The second-order valence-corrected chi connectivity index (χ2v) is 4.19. The van der Waals surface area contributed by atoms with Crippen LogP contribution in [0.2, 0.25) is 0 Å². The molecule has 0 unspecified atom stereocenters. The SMILES string of the molecule is Cc1ccc(C(F)(F)F)cc1NC(=O)N[C@@H](C)C(=O)O. The third kappa shape index (κ3) is 4.15. The van der Waals surface area contributed by atoms with Gasteiger partial charge >= 0.3 is 18.2 Å². The van der Waals surface area contributed by atoms with Gasteiger partial charge in [-0.25, -0.2) is 4.79 Å². The number of carboxylic acid groups (broad SMARTS) is 1. The van der Waals surface area contributed by atoms with E-state index in [0.717, 1.165) is 12.1 Å². The number of hydrogen-bond donors (Lipinski definition) is 3. The van der Waals surface area contributed by atoms with Crippen molar-refractivity contribution in [3.05, 3.63) is 29.3 Å². The molecule has 0 saturated carbocycles. The summed E-state index contributed by atoms with van der Waals surface area (Å²) in [5, 5.41) is 12.9. The van der Waals surface area contributed by atoms with Crippen LogP contribution in [0, 0.1) is 6.92 Å². The average Bonchev–Trinajstić information content (AvgIpc) is 2.30. The Balaban J connectivity index is 2.87. The monoisotopic (exact) mass is 290 g/mol. The zero-order chi connectivity index (χ0) is 15.5. The fourth-order valence-corrected chi connectivity index (χ4v) is 1.35. The van der Waals surface area contributed by atoms with Gasteiger partial charge in [0.25, 0.3) is 0 Å². The predicted molar refractivity (Wildman–Crippen MR) is 65.4 cm³/mol. The van der Waals surface area contributed by atoms with Crippen LogP contribution in [0.3, 0.4) is 0 Å². The maximum atomic E-state index is 12.5. The maximum absolute atomic E-state index is 12.5. The molecule has 0 fully saturated rings. The number of carbonyl (C=O) groups is 2. The maximum Gasteiger partial charge on any atom is 0.416 e. The van der Waals surface area contributed by atoms with Crippen LogP contribution in [0.15, 0.2) is 18.2 Å². The summed E-state index contributed by atoms with van der Waals surface area (Å²) in [7, 11) is 0. The normalized spacial score (nSPS) is 12.7. The molecule has 0 aliphatic carbocycles. The van der Waals surface area contributed by atoms with Crippen LogP contribution in [-0.2, 0) is 11.0 Å². The average molecular weight is 290 g/mol. The quantitative estimate of drug-likeness (QED) is 0.800. The smallest absolute Gasteiger partial charge is 0.416 e. The third-order valence-corrected chi connectivity index (χ3v) is 2.53. The number of hydrogen-bond acceptors (Lipinski definition) is 2. The molecule has 3 N–H and O–H groups in total. The molecule has 0 aliphatic heterocycles. The lowest BCUT2D eigenvalue weighted by molar-refractivity contribution is -0.139. The summed E-state index contributed by atoms with van der Waals surface area (Å²) in [5.41, 5.74) is -0.504. The Morgan fingerprint density at radius 2 is 1.90 bits per heavy atom. The Morgan fingerprint density at radius 3 is 2.40 bits per heavy atom. The van der Waals surface area contributed by atoms with Crippen LogP contribution in [0.25, 0.3) is 0 Å². The topological polar surface area (TPSA) is 78.4 Å². The summed E-state index contributed by atoms with van der Waals surface area (Å²) in [6.45, 7) is 2.76. The summed E-state index contributed by atoms with van der Waals surface area (Å²) in [6, 6.07) is 0.876. The van der Waals surface area contributed by atoms with Crippen molar-refractivity contribution in [3.8, 4) is 0 Å². The van der Waals surface area contributed by atoms with Crippen LogP contribution < -0.4 is 10.6 Å². The first-order chi connectivity index (χ1) is 9.11. The van der Waals surface area contributed by atoms with Gasteiger partial charge in [-0.2, -0.15) is 13.2 Å². The van der Waals surface area contributed by atoms with Crippen molar-refractivity contribution in [1.29, 1.82) is 0 Å². The van der Waals surface area contributed by atoms with E-state index in [1.807, 2.05) is 0 Å². The van der Waals surface area contributed by atoms with Gasteiger partial charge in [-0.3, -0.25) is 4.79 Å². The highest BCUT2D eigenvalue weighted by Gasteiger charge is 2.31. The molecule has 20 heavy (non-hydrogen) atoms. The molecule has 0 aromatic heterocycles. The van der Waals surface area contributed by atoms with Crippen molar-refractivity contribution in [3.63, 3.8) is 0 Å². The van der Waals surface area contributed by atoms with Crippen molar-refractivity contribution in [1.82, 2.24) is 5.32 Å². The molecule has 1 aromatic carbocycles. The molecule has 0 spiro atoms. The van der Waals surface area contributed by atoms with Crippen LogP contribution in [-0.4, -0.2) is 23.1 Å². The number of rotatable bonds is 3. The molecule has 110 valence electrons. The number of nitrogens with one attached hydrogen (secondary N) is 2. The molecule has 0 aliphatic rings. The molecular weight excluding hydrogens is 277 g/mol. The van der Waals surface area contributed by atoms with Gasteiger partial charge in [-0.15, -0.1) is 0 Å². The van der Waals surface area contributed by atoms with E-state index in [-0.39, 0.29) is 5.69 Å². The van der Waals surface area contributed by atoms with E-state index in [1.54, 1.807) is 0 Å². The Hall–Kier alpha value is -2.25. The van der Waals surface area contributed by atoms with Gasteiger partial charge in [0.05, 0.1) is 5.56 Å². The number of anilines is 1. The second kappa shape index (κ2) is 5.81. The molecule has 0 radical (unpaired) electrons. The van der Waals surface area contributed by atoms with Crippen LogP contribution in [0.5, 0.6) is 0 Å². The van der Waals surface area contributed by atoms with Crippen LogP contribution in [0.1, 0.15) is 18.1 Å². The third-order valence-electron chi connectivity index (χ3n) is 2.53. The summed E-state index contributed by atoms with van der Waals surface area (Å²) >= 11 is 0. The van der Waals surface area contributed by atoms with Crippen molar-refractivity contribution in [2.24, 2.45) is 0 Å². The Kier molecular flexibility index (Phi) is 4.59. The highest BCUT2D eigenvalue weighted by Crippen LogP contribution is 2.31. The fraction of sp³-hybridized carbons (Fsp3) is 0.333. The molecule has 1 rings (SSSR count). The van der Waals surface area contributed by atoms with Gasteiger partial charge in [0, 0.05) is 5.69 Å². The number of aryl methyl sites for hydroxylation is 1. The van der Waals surface area contributed by atoms with Crippen molar-refractivity contribution in [2.75, 3.05) is 5.32 Å². The lowest BCUT2D eigenvalue weighted by atomic mass is 10.1. The number of amides is 2. The standard InChI is InChI=1S/C12H13F3N2O3/c1-6-3-4-8(12(13,14)15)5-9(6)17-11(20)16-7(2)10(18)19/h3-5,7H,1-2H3,(H,18,19)(H2,16,17,20)/t7-/m0/s1. The Labute approximate surface area is 112 Å². The Bertz CT molecular complexity index is 529. The fourth-order valence-electron chi connectivity index (χ4n) is 1.35. The van der Waals surface area contributed by atoms with Crippen molar-refractivity contribution >= 4 is 17.7 Å². The molecule has 0 saturated heterocycles. The van der Waals surface area contributed by atoms with E-state index in [2.05, 4.69) is 10.6 Å². The number of alkyl halides is 3. The van der Waals surface area contributed by atoms with E-state index in [9.17, 15) is 22.8 Å². The van der Waals surface area contributed by atoms with Crippen molar-refractivity contribution < 1.29 is 27.9 Å². The minimum absolute atomic E-state index is 0.0325. The molecule has 2 amide bonds. The van der Waals surface area contributed by atoms with Crippen LogP contribution in [0.4, 0.5) is 23.7 Å². The minimum atomic E-state index is -4.52. The number of halogens is 3. The van der Waals surface area contributed by atoms with Crippen molar-refractivity contribution in [2.45, 2.75) is 26.1 Å². The molecule has 0 heterocycles. The van der Waals surface area contributed by atoms with E-state index in [0.29, 0.717) is 5.56 Å². The lowest BCUT2D eigenvalue weighted by Crippen LogP contribution is -2.41. The van der Waals surface area contributed by atoms with Gasteiger partial charge in [0.2, 0.25) is 0 Å². The largest absolute Gasteiger partial charge is 0.480 e. The molecule has 0 bridgehead atoms. The zero-order valence-electron chi connectivity index (χ0n) is 10.7. The van der Waals surface area contributed by atoms with Gasteiger partial charge in [-0.05, 0) is 31.5 Å². The highest BCUT2D eigenvalue weighted by molar-refractivity contribution is 5.92. The van der Waals surface area contributed by atoms with E-state index < -0.39 is 29.8 Å². The lowest BCUT2D eigenvalue weighted by Gasteiger charge is -2.14. The van der Waals surface area contributed by atoms with Gasteiger partial charge < -0.3 is 15.7 Å². The first-order valence-corrected chi connectivity index (χ1v) is 5.59. The van der Waals surface area contributed by atoms with E-state index in [4.69, 9.17) is 5.11 Å². The van der Waals surface area contributed by atoms with E-state index >= 15 is 0 Å². The molecule has 1 atom stereocenters. The van der Waals surface area contributed by atoms with E-state index in [1.165, 1.54) is 19.9 Å². The van der Waals surface area contributed by atoms with Gasteiger partial charge in [-0.1, -0.05) is 6.07 Å². The summed E-state index contributed by atoms with van der Waals surface area (Å²) < 4.78 is 37.6. The summed E-state index contributed by atoms with van der Waals surface area (Å²) in [4.78, 5) is 22.0. The summed E-state index contributed by atoms with van der Waals surface area (Å²) in [6.07, 6.45) is -4.52. The first kappa shape index (κ1) is 15.8. The molecule has 1 aromatic rings. The zero-order valence-corrected chi connectivity index (χ0v) is 10.7. The number of benzene rings is 1. The highest BCUT2D eigenvalue weighted by atomic mass is 19.4. The van der Waals surface area contributed by atoms with Gasteiger partial charge in [0.1, 0.15) is 6.04 Å². The number of aliphatic carboxylic acids is 1. The second-order valence-electron chi connectivity index (χ2n) is 4.19. The predicted octanol–water partition coefficient (Wildman–Crippen LogP) is 2.61. The molecule has 5 nitrogen and oxygen atoms in total. The van der Waals surface area contributed by atoms with Gasteiger partial charge in [0.15, 0.2) is 0 Å². The number of carboxylic acids is 1.